The van der Waals surface area contributed by atoms with E-state index in [9.17, 15) is 13.5 Å². The molecule has 0 amide bonds. The van der Waals surface area contributed by atoms with Gasteiger partial charge in [-0.15, -0.1) is 11.3 Å². The number of hydrogen-bond donors (Lipinski definition) is 2. The lowest BCUT2D eigenvalue weighted by molar-refractivity contribution is 0.0941. The molecule has 0 aliphatic carbocycles. The molecule has 1 saturated heterocycles. The van der Waals surface area contributed by atoms with Crippen LogP contribution in [0.15, 0.2) is 14.7 Å². The Bertz CT molecular complexity index is 613. The quantitative estimate of drug-likeness (QED) is 0.726. The van der Waals surface area contributed by atoms with Gasteiger partial charge in [0.2, 0.25) is 0 Å². The van der Waals surface area contributed by atoms with Crippen molar-refractivity contribution in [3.05, 3.63) is 14.9 Å². The molecule has 2 N–H and O–H groups in total. The Morgan fingerprint density at radius 3 is 2.59 bits per heavy atom. The second kappa shape index (κ2) is 7.46. The summed E-state index contributed by atoms with van der Waals surface area (Å²) in [5, 5.41) is 10.1. The summed E-state index contributed by atoms with van der Waals surface area (Å²) in [5.41, 5.74) is 0. The van der Waals surface area contributed by atoms with Crippen LogP contribution >= 0.6 is 38.9 Å². The zero-order valence-corrected chi connectivity index (χ0v) is 16.4. The predicted octanol–water partition coefficient (Wildman–Crippen LogP) is 2.68. The highest BCUT2D eigenvalue weighted by molar-refractivity contribution is 9.10. The Morgan fingerprint density at radius 2 is 2.09 bits per heavy atom. The van der Waals surface area contributed by atoms with E-state index in [0.29, 0.717) is 27.4 Å². The van der Waals surface area contributed by atoms with Crippen molar-refractivity contribution < 1.29 is 13.5 Å². The van der Waals surface area contributed by atoms with Gasteiger partial charge < -0.3 is 5.11 Å². The van der Waals surface area contributed by atoms with Gasteiger partial charge in [-0.3, -0.25) is 4.90 Å². The molecule has 1 aromatic heterocycles. The maximum absolute atomic E-state index is 12.2. The number of sulfonamides is 1. The molecule has 0 bridgehead atoms. The Morgan fingerprint density at radius 1 is 1.50 bits per heavy atom. The average molecular weight is 432 g/mol. The molecule has 5 nitrogen and oxygen atoms in total. The van der Waals surface area contributed by atoms with Crippen LogP contribution in [-0.2, 0) is 10.0 Å². The summed E-state index contributed by atoms with van der Waals surface area (Å²) in [4.78, 5) is 2.22. The van der Waals surface area contributed by atoms with E-state index in [1.54, 1.807) is 6.07 Å². The van der Waals surface area contributed by atoms with Crippen LogP contribution in [0.25, 0.3) is 0 Å². The summed E-state index contributed by atoms with van der Waals surface area (Å²) in [6, 6.07) is 2.39. The molecule has 126 valence electrons. The number of aliphatic hydroxyl groups is 1. The topological polar surface area (TPSA) is 69.6 Å². The highest BCUT2D eigenvalue weighted by Crippen LogP contribution is 2.34. The molecule has 3 atom stereocenters. The first kappa shape index (κ1) is 18.6. The monoisotopic (exact) mass is 430 g/mol. The fraction of sp³-hybridized carbons (Fsp3) is 0.692. The van der Waals surface area contributed by atoms with Gasteiger partial charge in [0.1, 0.15) is 0 Å². The molecule has 22 heavy (non-hydrogen) atoms. The van der Waals surface area contributed by atoms with E-state index in [1.165, 1.54) is 0 Å². The van der Waals surface area contributed by atoms with E-state index in [1.807, 2.05) is 0 Å². The number of nitrogens with one attached hydrogen (secondary N) is 1. The van der Waals surface area contributed by atoms with Gasteiger partial charge in [0.25, 0.3) is 10.0 Å². The molecular formula is C13H20BrClN2O3S2. The zero-order valence-electron chi connectivity index (χ0n) is 12.4. The minimum absolute atomic E-state index is 0.0137. The summed E-state index contributed by atoms with van der Waals surface area (Å²) in [5.74, 6) is 0. The minimum Gasteiger partial charge on any atom is -0.390 e. The third-order valence-electron chi connectivity index (χ3n) is 3.93. The molecule has 1 aliphatic rings. The molecule has 2 rings (SSSR count). The number of thiophene rings is 1. The van der Waals surface area contributed by atoms with Crippen molar-refractivity contribution in [1.29, 1.82) is 0 Å². The zero-order chi connectivity index (χ0) is 16.5. The van der Waals surface area contributed by atoms with Gasteiger partial charge in [0.05, 0.1) is 14.9 Å². The van der Waals surface area contributed by atoms with Crippen molar-refractivity contribution in [3.8, 4) is 0 Å². The fourth-order valence-electron chi connectivity index (χ4n) is 2.70. The summed E-state index contributed by atoms with van der Waals surface area (Å²) in [6.45, 7) is 4.72. The first-order valence-electron chi connectivity index (χ1n) is 7.09. The van der Waals surface area contributed by atoms with Crippen molar-refractivity contribution in [2.75, 3.05) is 13.1 Å². The Labute approximate surface area is 148 Å². The van der Waals surface area contributed by atoms with Crippen LogP contribution in [-0.4, -0.2) is 49.7 Å². The normalized spacial score (nSPS) is 24.8. The highest BCUT2D eigenvalue weighted by Gasteiger charge is 2.29. The smallest absolute Gasteiger partial charge is 0.251 e. The molecular weight excluding hydrogens is 412 g/mol. The minimum atomic E-state index is -3.67. The first-order chi connectivity index (χ1) is 10.2. The summed E-state index contributed by atoms with van der Waals surface area (Å²) in [7, 11) is -3.67. The fourth-order valence-corrected chi connectivity index (χ4v) is 6.82. The number of nitrogens with zero attached hydrogens (tertiary/aromatic N) is 1. The Balaban J connectivity index is 1.93. The molecule has 9 heteroatoms. The number of rotatable bonds is 6. The van der Waals surface area contributed by atoms with Gasteiger partial charge in [-0.2, -0.15) is 0 Å². The van der Waals surface area contributed by atoms with Gasteiger partial charge in [0, 0.05) is 25.2 Å². The number of β-amino-alcohol motifs (C(OH)–C–C–N with tert-alkyl or cyclic N) is 1. The van der Waals surface area contributed by atoms with Gasteiger partial charge in [-0.1, -0.05) is 11.6 Å². The van der Waals surface area contributed by atoms with Crippen LogP contribution in [0.4, 0.5) is 0 Å². The third-order valence-corrected chi connectivity index (χ3v) is 8.31. The van der Waals surface area contributed by atoms with Crippen LogP contribution in [0.5, 0.6) is 0 Å². The van der Waals surface area contributed by atoms with E-state index in [0.717, 1.165) is 24.2 Å². The highest BCUT2D eigenvalue weighted by atomic mass is 79.9. The number of likely N-dealkylation sites (tertiary alicyclic amines) is 1. The Hall–Kier alpha value is 0.300. The maximum atomic E-state index is 12.2. The number of halogens is 2. The predicted molar refractivity (Wildman–Crippen MR) is 93.1 cm³/mol. The number of aliphatic hydroxyl groups excluding tert-OH is 1. The molecule has 2 unspecified atom stereocenters. The van der Waals surface area contributed by atoms with Crippen molar-refractivity contribution in [2.45, 2.75) is 49.1 Å². The summed E-state index contributed by atoms with van der Waals surface area (Å²) < 4.78 is 27.9. The summed E-state index contributed by atoms with van der Waals surface area (Å²) >= 11 is 9.99. The molecule has 0 radical (unpaired) electrons. The molecule has 1 aliphatic heterocycles. The molecule has 0 spiro atoms. The summed E-state index contributed by atoms with van der Waals surface area (Å²) in [6.07, 6.45) is 1.48. The third kappa shape index (κ3) is 4.43. The lowest BCUT2D eigenvalue weighted by Gasteiger charge is -2.28. The molecule has 1 fully saturated rings. The molecule has 0 aromatic carbocycles. The van der Waals surface area contributed by atoms with Crippen LogP contribution in [0, 0.1) is 0 Å². The van der Waals surface area contributed by atoms with E-state index in [2.05, 4.69) is 39.4 Å². The van der Waals surface area contributed by atoms with E-state index in [4.69, 9.17) is 11.6 Å². The second-order valence-corrected chi connectivity index (χ2v) is 10.2. The van der Waals surface area contributed by atoms with Gasteiger partial charge >= 0.3 is 0 Å². The van der Waals surface area contributed by atoms with Crippen molar-refractivity contribution in [1.82, 2.24) is 9.62 Å². The molecule has 1 aromatic rings. The maximum Gasteiger partial charge on any atom is 0.251 e. The first-order valence-corrected chi connectivity index (χ1v) is 10.6. The van der Waals surface area contributed by atoms with Gasteiger partial charge in [-0.25, -0.2) is 13.1 Å². The molecule has 0 saturated carbocycles. The van der Waals surface area contributed by atoms with E-state index < -0.39 is 16.1 Å². The Kier molecular flexibility index (Phi) is 6.32. The van der Waals surface area contributed by atoms with Crippen molar-refractivity contribution in [3.63, 3.8) is 0 Å². The van der Waals surface area contributed by atoms with Gasteiger partial charge in [0.15, 0.2) is 4.21 Å². The lowest BCUT2D eigenvalue weighted by Crippen LogP contribution is -2.43. The molecule has 2 heterocycles. The average Bonchev–Trinajstić information content (AvgIpc) is 2.93. The van der Waals surface area contributed by atoms with Crippen LogP contribution in [0.1, 0.15) is 26.7 Å². The number of hydrogen-bond acceptors (Lipinski definition) is 5. The van der Waals surface area contributed by atoms with Crippen LogP contribution in [0.3, 0.4) is 0 Å². The van der Waals surface area contributed by atoms with Crippen LogP contribution < -0.4 is 4.72 Å². The standard InChI is InChI=1S/C13H20BrClN2O3S2/c1-8-3-4-9(2)17(8)7-10(18)6-16-22(19,20)13-11(14)5-12(15)21-13/h5,8-10,16,18H,3-4,6-7H2,1-2H3/t8?,9?,10-/m0/s1. The lowest BCUT2D eigenvalue weighted by atomic mass is 10.2. The van der Waals surface area contributed by atoms with Crippen molar-refractivity contribution >= 4 is 48.9 Å². The van der Waals surface area contributed by atoms with Crippen molar-refractivity contribution in [2.24, 2.45) is 0 Å². The van der Waals surface area contributed by atoms with Gasteiger partial charge in [-0.05, 0) is 48.7 Å². The van der Waals surface area contributed by atoms with E-state index >= 15 is 0 Å². The SMILES string of the molecule is CC1CCC(C)N1C[C@@H](O)CNS(=O)(=O)c1sc(Cl)cc1Br. The van der Waals surface area contributed by atoms with E-state index in [-0.39, 0.29) is 10.8 Å². The second-order valence-electron chi connectivity index (χ2n) is 5.66. The van der Waals surface area contributed by atoms with Crippen LogP contribution in [0.2, 0.25) is 4.34 Å². The largest absolute Gasteiger partial charge is 0.390 e.